The zero-order valence-corrected chi connectivity index (χ0v) is 10.5. The summed E-state index contributed by atoms with van der Waals surface area (Å²) in [5.74, 6) is -2.15. The van der Waals surface area contributed by atoms with Crippen LogP contribution in [0, 0.1) is 0 Å². The average Bonchev–Trinajstić information content (AvgIpc) is 2.41. The quantitative estimate of drug-likeness (QED) is 0.239. The van der Waals surface area contributed by atoms with Crippen LogP contribution >= 0.6 is 0 Å². The number of carbonyl (C=O) groups excluding carboxylic acids is 3. The van der Waals surface area contributed by atoms with E-state index in [1.807, 2.05) is 0 Å². The molecule has 0 heterocycles. The smallest absolute Gasteiger partial charge is 0.339 e. The van der Waals surface area contributed by atoms with Gasteiger partial charge in [0, 0.05) is 12.2 Å². The van der Waals surface area contributed by atoms with E-state index in [-0.39, 0.29) is 33.0 Å². The number of hydrogen-bond acceptors (Lipinski definition) is 7. The normalized spacial score (nSPS) is 9.47. The molecule has 0 aliphatic carbocycles. The molecule has 0 aromatic heterocycles. The second-order valence-corrected chi connectivity index (χ2v) is 3.03. The molecule has 0 unspecified atom stereocenters. The van der Waals surface area contributed by atoms with Crippen LogP contribution in [0.25, 0.3) is 0 Å². The summed E-state index contributed by atoms with van der Waals surface area (Å²) in [6.45, 7) is 6.71. The number of ether oxygens (including phenoxy) is 4. The maximum Gasteiger partial charge on any atom is 0.339 e. The number of esters is 3. The second kappa shape index (κ2) is 11.1. The Hall–Kier alpha value is -1.99. The molecule has 0 amide bonds. The Morgan fingerprint density at radius 1 is 0.842 bits per heavy atom. The predicted octanol–water partition coefficient (Wildman–Crippen LogP) is 0.00460. The van der Waals surface area contributed by atoms with Gasteiger partial charge in [-0.1, -0.05) is 13.2 Å². The second-order valence-electron chi connectivity index (χ2n) is 3.03. The van der Waals surface area contributed by atoms with Crippen molar-refractivity contribution in [3.8, 4) is 0 Å². The van der Waals surface area contributed by atoms with Crippen molar-refractivity contribution in [3.63, 3.8) is 0 Å². The number of rotatable bonds is 10. The fourth-order valence-corrected chi connectivity index (χ4v) is 0.819. The van der Waals surface area contributed by atoms with Gasteiger partial charge in [-0.25, -0.2) is 14.4 Å². The molecule has 0 rings (SSSR count). The average molecular weight is 272 g/mol. The minimum Gasteiger partial charge on any atom is -0.460 e. The Kier molecular flexibility index (Phi) is 9.96. The lowest BCUT2D eigenvalue weighted by Gasteiger charge is -2.05. The van der Waals surface area contributed by atoms with Crippen LogP contribution in [0.5, 0.6) is 0 Å². The third-order valence-corrected chi connectivity index (χ3v) is 1.61. The Bertz CT molecular complexity index is 335. The first-order valence-electron chi connectivity index (χ1n) is 5.42. The maximum atomic E-state index is 10.9. The summed E-state index contributed by atoms with van der Waals surface area (Å²) in [5, 5.41) is 0. The molecule has 0 N–H and O–H groups in total. The van der Waals surface area contributed by atoms with Gasteiger partial charge in [0.25, 0.3) is 0 Å². The van der Waals surface area contributed by atoms with E-state index in [2.05, 4.69) is 22.6 Å². The van der Waals surface area contributed by atoms with Crippen molar-refractivity contribution in [3.05, 3.63) is 25.3 Å². The van der Waals surface area contributed by atoms with E-state index in [1.54, 1.807) is 0 Å². The molecule has 0 aromatic carbocycles. The van der Waals surface area contributed by atoms with E-state index in [9.17, 15) is 14.4 Å². The molecule has 106 valence electrons. The summed E-state index contributed by atoms with van der Waals surface area (Å²) >= 11 is 0. The van der Waals surface area contributed by atoms with Gasteiger partial charge in [0.2, 0.25) is 0 Å². The van der Waals surface area contributed by atoms with Crippen LogP contribution < -0.4 is 0 Å². The summed E-state index contributed by atoms with van der Waals surface area (Å²) in [6.07, 6.45) is 1.94. The van der Waals surface area contributed by atoms with Crippen molar-refractivity contribution >= 4 is 17.9 Å². The van der Waals surface area contributed by atoms with Crippen LogP contribution in [0.1, 0.15) is 0 Å². The Morgan fingerprint density at radius 3 is 2.05 bits per heavy atom. The van der Waals surface area contributed by atoms with Crippen LogP contribution in [0.15, 0.2) is 25.3 Å². The molecule has 0 spiro atoms. The molecule has 0 bridgehead atoms. The third kappa shape index (κ3) is 10.9. The van der Waals surface area contributed by atoms with Gasteiger partial charge in [0.05, 0.1) is 19.8 Å². The zero-order chi connectivity index (χ0) is 14.5. The molecule has 0 aliphatic heterocycles. The van der Waals surface area contributed by atoms with Crippen LogP contribution in [-0.4, -0.2) is 50.9 Å². The first kappa shape index (κ1) is 17.0. The van der Waals surface area contributed by atoms with Crippen LogP contribution in [0.3, 0.4) is 0 Å². The largest absolute Gasteiger partial charge is 0.460 e. The molecule has 7 nitrogen and oxygen atoms in total. The van der Waals surface area contributed by atoms with Gasteiger partial charge in [-0.05, 0) is 0 Å². The highest BCUT2D eigenvalue weighted by Crippen LogP contribution is 1.86. The monoisotopic (exact) mass is 272 g/mol. The topological polar surface area (TPSA) is 88.1 Å². The first-order valence-corrected chi connectivity index (χ1v) is 5.42. The van der Waals surface area contributed by atoms with Gasteiger partial charge < -0.3 is 18.9 Å². The van der Waals surface area contributed by atoms with Gasteiger partial charge in [-0.3, -0.25) is 0 Å². The summed E-state index contributed by atoms with van der Waals surface area (Å²) in [4.78, 5) is 32.2. The van der Waals surface area contributed by atoms with Gasteiger partial charge in [0.15, 0.2) is 0 Å². The first-order chi connectivity index (χ1) is 9.10. The van der Waals surface area contributed by atoms with Crippen LogP contribution in [-0.2, 0) is 33.3 Å². The minimum atomic E-state index is -0.825. The van der Waals surface area contributed by atoms with E-state index in [1.165, 1.54) is 0 Å². The zero-order valence-electron chi connectivity index (χ0n) is 10.5. The molecular weight excluding hydrogens is 256 g/mol. The van der Waals surface area contributed by atoms with Crippen LogP contribution in [0.4, 0.5) is 0 Å². The molecular formula is C12H16O7. The van der Waals surface area contributed by atoms with E-state index < -0.39 is 17.9 Å². The Labute approximate surface area is 110 Å². The van der Waals surface area contributed by atoms with Crippen LogP contribution in [0.2, 0.25) is 0 Å². The molecule has 7 heteroatoms. The SMILES string of the molecule is C=CC(=O)OCCOCCOCC(=O)OC(=O)C=C. The summed E-state index contributed by atoms with van der Waals surface area (Å²) < 4.78 is 18.8. The van der Waals surface area contributed by atoms with Crippen molar-refractivity contribution in [2.45, 2.75) is 0 Å². The lowest BCUT2D eigenvalue weighted by Crippen LogP contribution is -2.18. The molecule has 19 heavy (non-hydrogen) atoms. The molecule has 0 atom stereocenters. The third-order valence-electron chi connectivity index (χ3n) is 1.61. The van der Waals surface area contributed by atoms with Crippen molar-refractivity contribution < 1.29 is 33.3 Å². The van der Waals surface area contributed by atoms with E-state index in [4.69, 9.17) is 9.47 Å². The van der Waals surface area contributed by atoms with Gasteiger partial charge in [-0.15, -0.1) is 0 Å². The molecule has 0 fully saturated rings. The maximum absolute atomic E-state index is 10.9. The lowest BCUT2D eigenvalue weighted by molar-refractivity contribution is -0.160. The summed E-state index contributed by atoms with van der Waals surface area (Å²) in [5.41, 5.74) is 0. The van der Waals surface area contributed by atoms with Crippen molar-refractivity contribution in [2.24, 2.45) is 0 Å². The van der Waals surface area contributed by atoms with E-state index >= 15 is 0 Å². The fraction of sp³-hybridized carbons (Fsp3) is 0.417. The van der Waals surface area contributed by atoms with Crippen molar-refractivity contribution in [1.82, 2.24) is 0 Å². The highest BCUT2D eigenvalue weighted by Gasteiger charge is 2.06. The summed E-state index contributed by atoms with van der Waals surface area (Å²) in [7, 11) is 0. The van der Waals surface area contributed by atoms with E-state index in [0.29, 0.717) is 0 Å². The fourth-order valence-electron chi connectivity index (χ4n) is 0.819. The predicted molar refractivity (Wildman–Crippen MR) is 64.1 cm³/mol. The Morgan fingerprint density at radius 2 is 1.42 bits per heavy atom. The van der Waals surface area contributed by atoms with Gasteiger partial charge >= 0.3 is 17.9 Å². The van der Waals surface area contributed by atoms with Gasteiger partial charge in [-0.2, -0.15) is 0 Å². The van der Waals surface area contributed by atoms with Crippen molar-refractivity contribution in [1.29, 1.82) is 0 Å². The molecule has 0 aromatic rings. The highest BCUT2D eigenvalue weighted by atomic mass is 16.6. The minimum absolute atomic E-state index is 0.112. The van der Waals surface area contributed by atoms with Crippen molar-refractivity contribution in [2.75, 3.05) is 33.0 Å². The van der Waals surface area contributed by atoms with E-state index in [0.717, 1.165) is 12.2 Å². The molecule has 0 radical (unpaired) electrons. The Balaban J connectivity index is 3.33. The molecule has 0 aliphatic rings. The number of carbonyl (C=O) groups is 3. The molecule has 0 saturated carbocycles. The highest BCUT2D eigenvalue weighted by molar-refractivity contribution is 5.92. The van der Waals surface area contributed by atoms with Gasteiger partial charge in [0.1, 0.15) is 13.2 Å². The molecule has 0 saturated heterocycles. The lowest BCUT2D eigenvalue weighted by atomic mass is 10.6. The summed E-state index contributed by atoms with van der Waals surface area (Å²) in [6, 6.07) is 0. The standard InChI is InChI=1S/C12H16O7/c1-3-10(13)18-8-7-16-5-6-17-9-12(15)19-11(14)4-2/h3-4H,1-2,5-9H2. The number of hydrogen-bond donors (Lipinski definition) is 0.